The molecule has 5 nitrogen and oxygen atoms in total. The zero-order valence-electron chi connectivity index (χ0n) is 11.1. The fraction of sp³-hybridized carbons (Fsp3) is 1.00. The molecule has 0 bridgehead atoms. The van der Waals surface area contributed by atoms with Gasteiger partial charge in [-0.1, -0.05) is 0 Å². The molecule has 0 radical (unpaired) electrons. The van der Waals surface area contributed by atoms with E-state index >= 15 is 0 Å². The lowest BCUT2D eigenvalue weighted by molar-refractivity contribution is 0.404. The Bertz CT molecular complexity index is 455. The standard InChI is InChI=1S/C11H23NO4S2/c1-12-11(4-3-6-17(2,13)14)8-10-5-7-18(15,16)9-10/h10-12H,3-9H2,1-2H3. The highest BCUT2D eigenvalue weighted by Crippen LogP contribution is 2.24. The van der Waals surface area contributed by atoms with Crippen LogP contribution in [-0.2, 0) is 19.7 Å². The van der Waals surface area contributed by atoms with E-state index in [9.17, 15) is 16.8 Å². The van der Waals surface area contributed by atoms with Crippen LogP contribution in [0.5, 0.6) is 0 Å². The number of nitrogens with one attached hydrogen (secondary N) is 1. The Balaban J connectivity index is 2.34. The van der Waals surface area contributed by atoms with Crippen molar-refractivity contribution in [2.75, 3.05) is 30.6 Å². The molecule has 1 N–H and O–H groups in total. The molecule has 1 rings (SSSR count). The Kier molecular flexibility index (Phi) is 5.61. The van der Waals surface area contributed by atoms with Crippen LogP contribution in [0, 0.1) is 5.92 Å². The third kappa shape index (κ3) is 6.15. The van der Waals surface area contributed by atoms with Gasteiger partial charge in [0, 0.05) is 18.1 Å². The molecule has 0 aliphatic carbocycles. The molecule has 0 spiro atoms. The second-order valence-electron chi connectivity index (χ2n) is 5.26. The molecule has 108 valence electrons. The monoisotopic (exact) mass is 297 g/mol. The Morgan fingerprint density at radius 2 is 2.06 bits per heavy atom. The first kappa shape index (κ1) is 15.9. The van der Waals surface area contributed by atoms with Crippen LogP contribution in [0.15, 0.2) is 0 Å². The predicted octanol–water partition coefficient (Wildman–Crippen LogP) is 0.224. The van der Waals surface area contributed by atoms with Gasteiger partial charge < -0.3 is 5.32 Å². The SMILES string of the molecule is CNC(CCCS(C)(=O)=O)CC1CCS(=O)(=O)C1. The maximum Gasteiger partial charge on any atom is 0.150 e. The highest BCUT2D eigenvalue weighted by molar-refractivity contribution is 7.91. The van der Waals surface area contributed by atoms with Crippen molar-refractivity contribution in [3.8, 4) is 0 Å². The van der Waals surface area contributed by atoms with E-state index in [4.69, 9.17) is 0 Å². The topological polar surface area (TPSA) is 80.3 Å². The van der Waals surface area contributed by atoms with E-state index in [0.717, 1.165) is 19.3 Å². The van der Waals surface area contributed by atoms with Crippen LogP contribution in [0.2, 0.25) is 0 Å². The largest absolute Gasteiger partial charge is 0.317 e. The van der Waals surface area contributed by atoms with Crippen molar-refractivity contribution in [3.05, 3.63) is 0 Å². The highest BCUT2D eigenvalue weighted by Gasteiger charge is 2.29. The summed E-state index contributed by atoms with van der Waals surface area (Å²) in [6.45, 7) is 0. The Hall–Kier alpha value is -0.140. The van der Waals surface area contributed by atoms with Gasteiger partial charge >= 0.3 is 0 Å². The van der Waals surface area contributed by atoms with Crippen LogP contribution in [0.25, 0.3) is 0 Å². The molecule has 0 aromatic rings. The Morgan fingerprint density at radius 3 is 2.50 bits per heavy atom. The fourth-order valence-electron chi connectivity index (χ4n) is 2.43. The number of hydrogen-bond donors (Lipinski definition) is 1. The molecule has 0 saturated carbocycles. The predicted molar refractivity (Wildman–Crippen MR) is 73.2 cm³/mol. The lowest BCUT2D eigenvalue weighted by Gasteiger charge is -2.19. The summed E-state index contributed by atoms with van der Waals surface area (Å²) in [6.07, 6.45) is 4.21. The molecule has 0 aromatic heterocycles. The second kappa shape index (κ2) is 6.34. The fourth-order valence-corrected chi connectivity index (χ4v) is 5.00. The van der Waals surface area contributed by atoms with E-state index in [2.05, 4.69) is 5.32 Å². The van der Waals surface area contributed by atoms with Gasteiger partial charge in [0.1, 0.15) is 9.84 Å². The van der Waals surface area contributed by atoms with E-state index in [1.165, 1.54) is 6.26 Å². The lowest BCUT2D eigenvalue weighted by Crippen LogP contribution is -2.28. The van der Waals surface area contributed by atoms with Crippen molar-refractivity contribution in [3.63, 3.8) is 0 Å². The number of hydrogen-bond acceptors (Lipinski definition) is 5. The summed E-state index contributed by atoms with van der Waals surface area (Å²) in [5.41, 5.74) is 0. The molecular formula is C11H23NO4S2. The smallest absolute Gasteiger partial charge is 0.150 e. The third-order valence-corrected chi connectivity index (χ3v) is 6.29. The van der Waals surface area contributed by atoms with Crippen LogP contribution in [-0.4, -0.2) is 53.4 Å². The minimum atomic E-state index is -2.90. The molecule has 0 amide bonds. The first-order valence-corrected chi connectivity index (χ1v) is 10.2. The van der Waals surface area contributed by atoms with Gasteiger partial charge in [-0.05, 0) is 38.6 Å². The zero-order chi connectivity index (χ0) is 13.8. The molecule has 7 heteroatoms. The summed E-state index contributed by atoms with van der Waals surface area (Å²) in [6, 6.07) is 0.213. The molecule has 1 heterocycles. The molecule has 1 saturated heterocycles. The number of sulfone groups is 2. The minimum Gasteiger partial charge on any atom is -0.317 e. The molecule has 0 aromatic carbocycles. The summed E-state index contributed by atoms with van der Waals surface area (Å²) >= 11 is 0. The van der Waals surface area contributed by atoms with Gasteiger partial charge in [0.25, 0.3) is 0 Å². The maximum atomic E-state index is 11.4. The molecule has 1 fully saturated rings. The van der Waals surface area contributed by atoms with Gasteiger partial charge in [-0.25, -0.2) is 16.8 Å². The van der Waals surface area contributed by atoms with Crippen LogP contribution in [0.3, 0.4) is 0 Å². The summed E-state index contributed by atoms with van der Waals surface area (Å²) in [5.74, 6) is 1.02. The normalized spacial score (nSPS) is 25.1. The Labute approximate surface area is 110 Å². The Morgan fingerprint density at radius 1 is 1.39 bits per heavy atom. The zero-order valence-corrected chi connectivity index (χ0v) is 12.7. The van der Waals surface area contributed by atoms with E-state index in [0.29, 0.717) is 12.2 Å². The summed E-state index contributed by atoms with van der Waals surface area (Å²) in [5, 5.41) is 3.15. The van der Waals surface area contributed by atoms with Crippen molar-refractivity contribution in [2.45, 2.75) is 31.7 Å². The van der Waals surface area contributed by atoms with E-state index in [-0.39, 0.29) is 23.5 Å². The lowest BCUT2D eigenvalue weighted by atomic mass is 9.97. The van der Waals surface area contributed by atoms with Crippen LogP contribution >= 0.6 is 0 Å². The molecule has 2 atom stereocenters. The highest BCUT2D eigenvalue weighted by atomic mass is 32.2. The van der Waals surface area contributed by atoms with Crippen molar-refractivity contribution < 1.29 is 16.8 Å². The van der Waals surface area contributed by atoms with Gasteiger partial charge in [-0.3, -0.25) is 0 Å². The average molecular weight is 297 g/mol. The quantitative estimate of drug-likeness (QED) is 0.727. The summed E-state index contributed by atoms with van der Waals surface area (Å²) in [7, 11) is -3.87. The van der Waals surface area contributed by atoms with E-state index in [1.807, 2.05) is 7.05 Å². The van der Waals surface area contributed by atoms with Crippen molar-refractivity contribution >= 4 is 19.7 Å². The van der Waals surface area contributed by atoms with Gasteiger partial charge in [-0.15, -0.1) is 0 Å². The molecule has 18 heavy (non-hydrogen) atoms. The van der Waals surface area contributed by atoms with E-state index in [1.54, 1.807) is 0 Å². The van der Waals surface area contributed by atoms with Crippen LogP contribution < -0.4 is 5.32 Å². The van der Waals surface area contributed by atoms with Crippen LogP contribution in [0.4, 0.5) is 0 Å². The second-order valence-corrected chi connectivity index (χ2v) is 9.75. The number of rotatable bonds is 7. The van der Waals surface area contributed by atoms with Crippen molar-refractivity contribution in [2.24, 2.45) is 5.92 Å². The molecule has 1 aliphatic heterocycles. The van der Waals surface area contributed by atoms with E-state index < -0.39 is 19.7 Å². The van der Waals surface area contributed by atoms with Crippen LogP contribution in [0.1, 0.15) is 25.7 Å². The van der Waals surface area contributed by atoms with Crippen molar-refractivity contribution in [1.29, 1.82) is 0 Å². The first-order valence-electron chi connectivity index (χ1n) is 6.27. The minimum absolute atomic E-state index is 0.203. The summed E-state index contributed by atoms with van der Waals surface area (Å²) < 4.78 is 44.8. The molecular weight excluding hydrogens is 274 g/mol. The average Bonchev–Trinajstić information content (AvgIpc) is 2.55. The third-order valence-electron chi connectivity index (χ3n) is 3.42. The van der Waals surface area contributed by atoms with Crippen molar-refractivity contribution in [1.82, 2.24) is 5.32 Å². The van der Waals surface area contributed by atoms with Gasteiger partial charge in [-0.2, -0.15) is 0 Å². The van der Waals surface area contributed by atoms with Gasteiger partial charge in [0.2, 0.25) is 0 Å². The first-order chi connectivity index (χ1) is 8.22. The molecule has 2 unspecified atom stereocenters. The van der Waals surface area contributed by atoms with Gasteiger partial charge in [0.15, 0.2) is 9.84 Å². The summed E-state index contributed by atoms with van der Waals surface area (Å²) in [4.78, 5) is 0. The maximum absolute atomic E-state index is 11.4. The molecule has 1 aliphatic rings. The van der Waals surface area contributed by atoms with Gasteiger partial charge in [0.05, 0.1) is 11.5 Å².